The van der Waals surface area contributed by atoms with Crippen molar-refractivity contribution in [2.75, 3.05) is 10.7 Å². The summed E-state index contributed by atoms with van der Waals surface area (Å²) in [5, 5.41) is 3.82. The number of alkyl halides is 2. The van der Waals surface area contributed by atoms with Crippen LogP contribution < -0.4 is 10.9 Å². The van der Waals surface area contributed by atoms with Crippen molar-refractivity contribution in [3.63, 3.8) is 0 Å². The Balaban J connectivity index is 0.00000128. The number of fused-ring (bicyclic) bond motifs is 1. The molecule has 5 nitrogen and oxygen atoms in total. The predicted molar refractivity (Wildman–Crippen MR) is 192 cm³/mol. The number of carbonyl (C=O) groups is 1. The molecule has 2 heterocycles. The van der Waals surface area contributed by atoms with Crippen LogP contribution in [0.2, 0.25) is 0 Å². The van der Waals surface area contributed by atoms with Crippen molar-refractivity contribution in [2.24, 2.45) is 0 Å². The topological polar surface area (TPSA) is 56.0 Å². The van der Waals surface area contributed by atoms with Crippen LogP contribution in [0, 0.1) is 20.8 Å². The second kappa shape index (κ2) is 14.3. The molecule has 45 heavy (non-hydrogen) atoms. The zero-order chi connectivity index (χ0) is 32.1. The van der Waals surface area contributed by atoms with Crippen molar-refractivity contribution >= 4 is 61.6 Å². The zero-order valence-electron chi connectivity index (χ0n) is 25.2. The van der Waals surface area contributed by atoms with Crippen LogP contribution in [-0.2, 0) is 11.2 Å². The van der Waals surface area contributed by atoms with Crippen molar-refractivity contribution in [3.05, 3.63) is 146 Å². The first-order chi connectivity index (χ1) is 21.7. The van der Waals surface area contributed by atoms with Gasteiger partial charge in [0.05, 0.1) is 28.4 Å². The van der Waals surface area contributed by atoms with Gasteiger partial charge in [0.25, 0.3) is 5.56 Å². The Hall–Kier alpha value is -4.10. The van der Waals surface area contributed by atoms with Gasteiger partial charge in [-0.1, -0.05) is 82.2 Å². The first-order valence-electron chi connectivity index (χ1n) is 14.4. The third-order valence-corrected chi connectivity index (χ3v) is 8.09. The van der Waals surface area contributed by atoms with E-state index in [0.717, 1.165) is 55.1 Å². The molecule has 0 fully saturated rings. The first kappa shape index (κ1) is 32.3. The monoisotopic (exact) mass is 699 g/mol. The Morgan fingerprint density at radius 1 is 0.778 bits per heavy atom. The summed E-state index contributed by atoms with van der Waals surface area (Å²) in [5.74, 6) is -0.182. The summed E-state index contributed by atoms with van der Waals surface area (Å²) in [7, 11) is 0. The number of para-hydroxylation sites is 2. The molecule has 0 aliphatic carbocycles. The van der Waals surface area contributed by atoms with E-state index < -0.39 is 0 Å². The van der Waals surface area contributed by atoms with Crippen molar-refractivity contribution in [1.29, 1.82) is 0 Å². The number of halogens is 3. The van der Waals surface area contributed by atoms with E-state index in [1.165, 1.54) is 0 Å². The molecule has 0 bridgehead atoms. The van der Waals surface area contributed by atoms with E-state index in [0.29, 0.717) is 10.9 Å². The van der Waals surface area contributed by atoms with Crippen molar-refractivity contribution in [1.82, 2.24) is 9.13 Å². The van der Waals surface area contributed by atoms with Crippen LogP contribution in [0.3, 0.4) is 0 Å². The van der Waals surface area contributed by atoms with Crippen LogP contribution >= 0.6 is 39.1 Å². The first-order valence-corrected chi connectivity index (χ1v) is 16.3. The fourth-order valence-corrected chi connectivity index (χ4v) is 5.95. The maximum absolute atomic E-state index is 14.5. The van der Waals surface area contributed by atoms with Crippen LogP contribution in [-0.4, -0.2) is 20.4 Å². The van der Waals surface area contributed by atoms with Gasteiger partial charge >= 0.3 is 0 Å². The summed E-state index contributed by atoms with van der Waals surface area (Å²) < 4.78 is 4.79. The van der Waals surface area contributed by atoms with Gasteiger partial charge in [0.2, 0.25) is 5.91 Å². The minimum absolute atomic E-state index is 0.0299. The molecule has 2 aromatic heterocycles. The number of aryl methyl sites for hydroxylation is 3. The number of carbonyl (C=O) groups excluding carboxylic acids is 1. The fourth-order valence-electron chi connectivity index (χ4n) is 5.69. The van der Waals surface area contributed by atoms with Gasteiger partial charge < -0.3 is 9.88 Å². The molecule has 1 N–H and O–H groups in total. The van der Waals surface area contributed by atoms with E-state index in [1.54, 1.807) is 4.57 Å². The predicted octanol–water partition coefficient (Wildman–Crippen LogP) is 9.74. The molecule has 0 radical (unpaired) electrons. The number of benzene rings is 4. The number of aromatic nitrogens is 2. The Morgan fingerprint density at radius 3 is 1.93 bits per heavy atom. The third-order valence-electron chi connectivity index (χ3n) is 7.56. The minimum atomic E-state index is -0.182. The largest absolute Gasteiger partial charge is 0.326 e. The average molecular weight is 701 g/mol. The van der Waals surface area contributed by atoms with Crippen LogP contribution in [0.5, 0.6) is 0 Å². The van der Waals surface area contributed by atoms with Gasteiger partial charge in [-0.3, -0.25) is 14.2 Å². The Labute approximate surface area is 281 Å². The van der Waals surface area contributed by atoms with Crippen LogP contribution in [0.4, 0.5) is 5.69 Å². The molecule has 1 amide bonds. The third kappa shape index (κ3) is 6.94. The van der Waals surface area contributed by atoms with Gasteiger partial charge in [-0.15, -0.1) is 23.2 Å². The normalized spacial score (nSPS) is 10.8. The maximum Gasteiger partial charge on any atom is 0.265 e. The van der Waals surface area contributed by atoms with Crippen molar-refractivity contribution in [2.45, 2.75) is 27.2 Å². The standard InChI is InChI=1S/C36H30BrN3O2.CH2Cl2/c1-23-14-19-31(24(2)20-23)38-33(41)22-30-34-32(21-25(3)39(36(34)42)28-10-6-4-7-11-28)40(29-12-8-5-9-13-29)35(30)26-15-17-27(37)18-16-26;2-1-3/h4-21H,22H2,1-3H3,(H,38,41);1H2. The summed E-state index contributed by atoms with van der Waals surface area (Å²) in [5.41, 5.74) is 8.42. The molecular weight excluding hydrogens is 669 g/mol. The minimum Gasteiger partial charge on any atom is -0.326 e. The molecule has 0 aliphatic rings. The van der Waals surface area contributed by atoms with E-state index in [2.05, 4.69) is 25.8 Å². The van der Waals surface area contributed by atoms with Crippen LogP contribution in [0.25, 0.3) is 33.5 Å². The number of pyridine rings is 1. The highest BCUT2D eigenvalue weighted by molar-refractivity contribution is 9.10. The van der Waals surface area contributed by atoms with Gasteiger partial charge in [-0.2, -0.15) is 0 Å². The fraction of sp³-hybridized carbons (Fsp3) is 0.135. The molecule has 0 saturated carbocycles. The van der Waals surface area contributed by atoms with Gasteiger partial charge in [-0.25, -0.2) is 0 Å². The lowest BCUT2D eigenvalue weighted by Gasteiger charge is -2.14. The van der Waals surface area contributed by atoms with Crippen molar-refractivity contribution in [3.8, 4) is 22.6 Å². The van der Waals surface area contributed by atoms with E-state index in [9.17, 15) is 9.59 Å². The maximum atomic E-state index is 14.5. The van der Waals surface area contributed by atoms with Gasteiger partial charge in [0.15, 0.2) is 0 Å². The lowest BCUT2D eigenvalue weighted by Crippen LogP contribution is -2.22. The molecule has 8 heteroatoms. The molecule has 6 aromatic rings. The second-order valence-corrected chi connectivity index (χ2v) is 12.4. The summed E-state index contributed by atoms with van der Waals surface area (Å²) in [6.07, 6.45) is 0.0299. The van der Waals surface area contributed by atoms with E-state index in [1.807, 2.05) is 130 Å². The van der Waals surface area contributed by atoms with Gasteiger partial charge in [0.1, 0.15) is 0 Å². The zero-order valence-corrected chi connectivity index (χ0v) is 28.2. The number of amides is 1. The average Bonchev–Trinajstić information content (AvgIpc) is 3.33. The molecule has 0 atom stereocenters. The second-order valence-electron chi connectivity index (χ2n) is 10.7. The SMILES string of the molecule is Cc1ccc(NC(=O)Cc2c(-c3ccc(Br)cc3)n(-c3ccccc3)c3cc(C)n(-c4ccccc4)c(=O)c23)c(C)c1.ClCCl. The summed E-state index contributed by atoms with van der Waals surface area (Å²) in [6, 6.07) is 35.6. The molecular formula is C37H32BrCl2N3O2. The Bertz CT molecular complexity index is 2020. The number of nitrogens with zero attached hydrogens (tertiary/aromatic N) is 2. The summed E-state index contributed by atoms with van der Waals surface area (Å²) >= 11 is 13.1. The van der Waals surface area contributed by atoms with E-state index >= 15 is 0 Å². The summed E-state index contributed by atoms with van der Waals surface area (Å²) in [6.45, 7) is 5.96. The number of anilines is 1. The Morgan fingerprint density at radius 2 is 1.36 bits per heavy atom. The van der Waals surface area contributed by atoms with E-state index in [-0.39, 0.29) is 23.2 Å². The number of hydrogen-bond donors (Lipinski definition) is 1. The van der Waals surface area contributed by atoms with Gasteiger partial charge in [0, 0.05) is 32.8 Å². The highest BCUT2D eigenvalue weighted by Gasteiger charge is 2.26. The molecule has 0 spiro atoms. The molecule has 4 aromatic carbocycles. The number of nitrogens with one attached hydrogen (secondary N) is 1. The molecule has 228 valence electrons. The lowest BCUT2D eigenvalue weighted by atomic mass is 10.0. The summed E-state index contributed by atoms with van der Waals surface area (Å²) in [4.78, 5) is 28.2. The van der Waals surface area contributed by atoms with Gasteiger partial charge in [-0.05, 0) is 80.4 Å². The molecule has 6 rings (SSSR count). The van der Waals surface area contributed by atoms with Crippen LogP contribution in [0.1, 0.15) is 22.4 Å². The Kier molecular flexibility index (Phi) is 10.3. The number of hydrogen-bond acceptors (Lipinski definition) is 2. The lowest BCUT2D eigenvalue weighted by molar-refractivity contribution is -0.115. The van der Waals surface area contributed by atoms with Crippen LogP contribution in [0.15, 0.2) is 118 Å². The highest BCUT2D eigenvalue weighted by atomic mass is 79.9. The number of rotatable bonds is 6. The smallest absolute Gasteiger partial charge is 0.265 e. The quantitative estimate of drug-likeness (QED) is 0.176. The highest BCUT2D eigenvalue weighted by Crippen LogP contribution is 2.37. The molecule has 0 saturated heterocycles. The van der Waals surface area contributed by atoms with E-state index in [4.69, 9.17) is 23.2 Å². The molecule has 0 unspecified atom stereocenters. The molecule has 0 aliphatic heterocycles. The van der Waals surface area contributed by atoms with Crippen molar-refractivity contribution < 1.29 is 4.79 Å².